The molecule has 0 radical (unpaired) electrons. The van der Waals surface area contributed by atoms with Crippen LogP contribution in [0.1, 0.15) is 34.1 Å². The third-order valence-corrected chi connectivity index (χ3v) is 7.50. The number of anilines is 1. The summed E-state index contributed by atoms with van der Waals surface area (Å²) in [7, 11) is -3.91. The van der Waals surface area contributed by atoms with Crippen LogP contribution in [0.3, 0.4) is 0 Å². The quantitative estimate of drug-likeness (QED) is 0.532. The van der Waals surface area contributed by atoms with Crippen molar-refractivity contribution < 1.29 is 17.9 Å². The second kappa shape index (κ2) is 7.22. The molecule has 25 heavy (non-hydrogen) atoms. The van der Waals surface area contributed by atoms with Crippen molar-refractivity contribution in [2.75, 3.05) is 11.3 Å². The maximum Gasteiger partial charge on any atom is 0.341 e. The lowest BCUT2D eigenvalue weighted by molar-refractivity contribution is 0.0527. The molecule has 134 valence electrons. The van der Waals surface area contributed by atoms with E-state index in [-0.39, 0.29) is 21.7 Å². The number of pyridine rings is 1. The van der Waals surface area contributed by atoms with Gasteiger partial charge >= 0.3 is 5.97 Å². The highest BCUT2D eigenvalue weighted by molar-refractivity contribution is 9.10. The highest BCUT2D eigenvalue weighted by Crippen LogP contribution is 2.40. The first-order valence-electron chi connectivity index (χ1n) is 7.49. The number of nitrogens with zero attached hydrogens (tertiary/aromatic N) is 1. The number of carbonyl (C=O) groups is 1. The molecule has 10 heteroatoms. The van der Waals surface area contributed by atoms with Crippen molar-refractivity contribution in [3.8, 4) is 0 Å². The van der Waals surface area contributed by atoms with Crippen molar-refractivity contribution in [3.05, 3.63) is 37.9 Å². The van der Waals surface area contributed by atoms with Gasteiger partial charge in [0.2, 0.25) is 0 Å². The van der Waals surface area contributed by atoms with Gasteiger partial charge in [0.05, 0.1) is 16.6 Å². The molecule has 0 aliphatic heterocycles. The van der Waals surface area contributed by atoms with Crippen molar-refractivity contribution in [3.63, 3.8) is 0 Å². The number of rotatable bonds is 5. The zero-order valence-corrected chi connectivity index (χ0v) is 17.1. The number of hydrogen-bond donors (Lipinski definition) is 1. The van der Waals surface area contributed by atoms with Crippen LogP contribution in [0.25, 0.3) is 0 Å². The highest BCUT2D eigenvalue weighted by atomic mass is 79.9. The highest BCUT2D eigenvalue weighted by Gasteiger charge is 2.30. The van der Waals surface area contributed by atoms with Gasteiger partial charge in [-0.25, -0.2) is 18.2 Å². The Labute approximate surface area is 162 Å². The molecule has 2 aromatic rings. The minimum atomic E-state index is -3.91. The zero-order chi connectivity index (χ0) is 18.2. The van der Waals surface area contributed by atoms with E-state index in [9.17, 15) is 13.2 Å². The fourth-order valence-electron chi connectivity index (χ4n) is 2.63. The lowest BCUT2D eigenvalue weighted by atomic mass is 10.1. The van der Waals surface area contributed by atoms with Crippen LogP contribution in [0, 0.1) is 0 Å². The van der Waals surface area contributed by atoms with Crippen LogP contribution >= 0.6 is 38.9 Å². The Morgan fingerprint density at radius 2 is 2.24 bits per heavy atom. The van der Waals surface area contributed by atoms with Crippen LogP contribution in [-0.2, 0) is 27.6 Å². The van der Waals surface area contributed by atoms with Gasteiger partial charge in [-0.1, -0.05) is 11.6 Å². The van der Waals surface area contributed by atoms with Crippen molar-refractivity contribution in [2.45, 2.75) is 31.1 Å². The molecular weight excluding hydrogens is 452 g/mol. The smallest absolute Gasteiger partial charge is 0.341 e. The third kappa shape index (κ3) is 3.69. The van der Waals surface area contributed by atoms with E-state index in [1.807, 2.05) is 0 Å². The number of aryl methyl sites for hydroxylation is 1. The number of esters is 1. The van der Waals surface area contributed by atoms with Gasteiger partial charge in [-0.3, -0.25) is 4.72 Å². The van der Waals surface area contributed by atoms with Gasteiger partial charge < -0.3 is 4.74 Å². The molecule has 0 saturated heterocycles. The lowest BCUT2D eigenvalue weighted by Gasteiger charge is -2.10. The van der Waals surface area contributed by atoms with Gasteiger partial charge in [-0.05, 0) is 53.7 Å². The fourth-order valence-corrected chi connectivity index (χ4v) is 5.78. The number of halogens is 2. The van der Waals surface area contributed by atoms with Crippen LogP contribution in [-0.4, -0.2) is 26.0 Å². The van der Waals surface area contributed by atoms with Crippen molar-refractivity contribution in [1.82, 2.24) is 4.98 Å². The molecule has 0 bridgehead atoms. The first-order valence-corrected chi connectivity index (χ1v) is 11.0. The van der Waals surface area contributed by atoms with Gasteiger partial charge in [0.1, 0.15) is 15.0 Å². The van der Waals surface area contributed by atoms with Gasteiger partial charge in [0.15, 0.2) is 0 Å². The van der Waals surface area contributed by atoms with E-state index in [0.29, 0.717) is 10.0 Å². The number of hydrogen-bond acceptors (Lipinski definition) is 6. The molecule has 0 amide bonds. The van der Waals surface area contributed by atoms with E-state index in [2.05, 4.69) is 25.6 Å². The maximum atomic E-state index is 12.7. The van der Waals surface area contributed by atoms with E-state index in [1.165, 1.54) is 23.6 Å². The van der Waals surface area contributed by atoms with Crippen LogP contribution in [0.5, 0.6) is 0 Å². The molecule has 0 unspecified atom stereocenters. The van der Waals surface area contributed by atoms with Crippen LogP contribution in [0.4, 0.5) is 5.00 Å². The van der Waals surface area contributed by atoms with Gasteiger partial charge in [0.25, 0.3) is 10.0 Å². The van der Waals surface area contributed by atoms with Crippen molar-refractivity contribution in [2.24, 2.45) is 0 Å². The fraction of sp³-hybridized carbons (Fsp3) is 0.333. The number of nitrogens with one attached hydrogen (secondary N) is 1. The van der Waals surface area contributed by atoms with Crippen LogP contribution in [0.15, 0.2) is 21.6 Å². The van der Waals surface area contributed by atoms with Crippen molar-refractivity contribution in [1.29, 1.82) is 0 Å². The second-order valence-electron chi connectivity index (χ2n) is 5.33. The SMILES string of the molecule is CCOC(=O)c1c(NS(=O)(=O)c2cnc(Cl)c(Br)c2)sc2c1CCC2. The van der Waals surface area contributed by atoms with Crippen LogP contribution in [0.2, 0.25) is 5.15 Å². The van der Waals surface area contributed by atoms with E-state index >= 15 is 0 Å². The Bertz CT molecular complexity index is 943. The Balaban J connectivity index is 1.99. The molecule has 0 aromatic carbocycles. The molecule has 2 heterocycles. The summed E-state index contributed by atoms with van der Waals surface area (Å²) >= 11 is 10.3. The summed E-state index contributed by atoms with van der Waals surface area (Å²) in [6, 6.07) is 1.36. The molecular formula is C15H14BrClN2O4S2. The summed E-state index contributed by atoms with van der Waals surface area (Å²) < 4.78 is 33.3. The molecule has 0 fully saturated rings. The maximum absolute atomic E-state index is 12.7. The summed E-state index contributed by atoms with van der Waals surface area (Å²) in [5.74, 6) is -0.505. The first kappa shape index (κ1) is 18.6. The average Bonchev–Trinajstić information content (AvgIpc) is 3.10. The summed E-state index contributed by atoms with van der Waals surface area (Å²) in [4.78, 5) is 17.1. The molecule has 6 nitrogen and oxygen atoms in total. The molecule has 1 aliphatic carbocycles. The molecule has 2 aromatic heterocycles. The van der Waals surface area contributed by atoms with Crippen LogP contribution < -0.4 is 4.72 Å². The second-order valence-corrected chi connectivity index (χ2v) is 9.33. The Morgan fingerprint density at radius 1 is 1.48 bits per heavy atom. The Kier molecular flexibility index (Phi) is 5.38. The molecule has 0 saturated carbocycles. The Morgan fingerprint density at radius 3 is 2.92 bits per heavy atom. The number of sulfonamides is 1. The van der Waals surface area contributed by atoms with Crippen molar-refractivity contribution >= 4 is 59.9 Å². The summed E-state index contributed by atoms with van der Waals surface area (Å²) in [5, 5.41) is 0.454. The van der Waals surface area contributed by atoms with Gasteiger partial charge in [0, 0.05) is 11.1 Å². The average molecular weight is 466 g/mol. The topological polar surface area (TPSA) is 85.4 Å². The minimum absolute atomic E-state index is 0.0489. The normalized spacial score (nSPS) is 13.6. The molecule has 0 atom stereocenters. The number of thiophene rings is 1. The van der Waals surface area contributed by atoms with Gasteiger partial charge in [-0.15, -0.1) is 11.3 Å². The zero-order valence-electron chi connectivity index (χ0n) is 13.1. The van der Waals surface area contributed by atoms with E-state index < -0.39 is 16.0 Å². The number of ether oxygens (including phenoxy) is 1. The molecule has 3 rings (SSSR count). The monoisotopic (exact) mass is 464 g/mol. The van der Waals surface area contributed by atoms with E-state index in [0.717, 1.165) is 29.7 Å². The third-order valence-electron chi connectivity index (χ3n) is 3.71. The molecule has 0 spiro atoms. The largest absolute Gasteiger partial charge is 0.462 e. The minimum Gasteiger partial charge on any atom is -0.462 e. The standard InChI is InChI=1S/C15H14BrClN2O4S2/c1-2-23-15(20)12-9-4-3-5-11(9)24-14(12)19-25(21,22)8-6-10(16)13(17)18-7-8/h6-7,19H,2-5H2,1H3. The summed E-state index contributed by atoms with van der Waals surface area (Å²) in [6.45, 7) is 1.94. The summed E-state index contributed by atoms with van der Waals surface area (Å²) in [6.07, 6.45) is 3.70. The van der Waals surface area contributed by atoms with E-state index in [1.54, 1.807) is 6.92 Å². The molecule has 1 N–H and O–H groups in total. The van der Waals surface area contributed by atoms with Gasteiger partial charge in [-0.2, -0.15) is 0 Å². The Hall–Kier alpha value is -1.16. The predicted octanol–water partition coefficient (Wildman–Crippen LogP) is 4.03. The molecule has 1 aliphatic rings. The predicted molar refractivity (Wildman–Crippen MR) is 100 cm³/mol. The lowest BCUT2D eigenvalue weighted by Crippen LogP contribution is -2.16. The number of fused-ring (bicyclic) bond motifs is 1. The van der Waals surface area contributed by atoms with E-state index in [4.69, 9.17) is 16.3 Å². The number of aromatic nitrogens is 1. The summed E-state index contributed by atoms with van der Waals surface area (Å²) in [5.41, 5.74) is 1.21. The first-order chi connectivity index (χ1) is 11.8. The number of carbonyl (C=O) groups excluding carboxylic acids is 1.